The lowest BCUT2D eigenvalue weighted by Gasteiger charge is -2.12. The molecule has 2 heterocycles. The number of alkyl halides is 2. The smallest absolute Gasteiger partial charge is 0.395 e. The van der Waals surface area contributed by atoms with E-state index < -0.39 is 43.9 Å². The quantitative estimate of drug-likeness (QED) is 0.314. The largest absolute Gasteiger partial charge is 0.586 e. The van der Waals surface area contributed by atoms with Crippen molar-refractivity contribution in [1.82, 2.24) is 4.98 Å². The van der Waals surface area contributed by atoms with Crippen LogP contribution in [-0.4, -0.2) is 36.6 Å². The Morgan fingerprint density at radius 3 is 2.62 bits per heavy atom. The molecular weight excluding hydrogens is 476 g/mol. The minimum atomic E-state index is -4.64. The number of amides is 1. The highest BCUT2D eigenvalue weighted by Gasteiger charge is 2.43. The molecule has 0 saturated carbocycles. The van der Waals surface area contributed by atoms with E-state index in [1.54, 1.807) is 0 Å². The summed E-state index contributed by atoms with van der Waals surface area (Å²) in [6.45, 7) is 1.13. The summed E-state index contributed by atoms with van der Waals surface area (Å²) in [6, 6.07) is 7.00. The highest BCUT2D eigenvalue weighted by Crippen LogP contribution is 2.44. The Morgan fingerprint density at radius 2 is 1.94 bits per heavy atom. The first-order chi connectivity index (χ1) is 14.9. The number of halogens is 2. The van der Waals surface area contributed by atoms with Gasteiger partial charge in [-0.3, -0.25) is 24.4 Å². The fraction of sp³-hybridized carbons (Fsp3) is 0.176. The van der Waals surface area contributed by atoms with Crippen molar-refractivity contribution < 1.29 is 40.6 Å². The maximum Gasteiger partial charge on any atom is 0.586 e. The van der Waals surface area contributed by atoms with E-state index in [2.05, 4.69) is 19.8 Å². The number of nitro benzene ring substituents is 1. The van der Waals surface area contributed by atoms with Crippen LogP contribution < -0.4 is 14.8 Å². The van der Waals surface area contributed by atoms with Crippen LogP contribution in [0.4, 0.5) is 19.6 Å². The van der Waals surface area contributed by atoms with Crippen LogP contribution in [0, 0.1) is 10.1 Å². The highest BCUT2D eigenvalue weighted by atomic mass is 32.2. The molecule has 3 aromatic rings. The summed E-state index contributed by atoms with van der Waals surface area (Å²) in [5.41, 5.74) is -0.471. The number of fused-ring (bicyclic) bond motifs is 2. The zero-order valence-corrected chi connectivity index (χ0v) is 17.4. The molecular formula is C17H11F2N3O8S2. The first-order valence-corrected chi connectivity index (χ1v) is 10.9. The van der Waals surface area contributed by atoms with Gasteiger partial charge in [0.2, 0.25) is 0 Å². The number of hydrogen-bond donors (Lipinski definition) is 1. The predicted molar refractivity (Wildman–Crippen MR) is 105 cm³/mol. The molecule has 0 saturated heterocycles. The van der Waals surface area contributed by atoms with Crippen molar-refractivity contribution in [2.75, 3.05) is 5.32 Å². The van der Waals surface area contributed by atoms with Crippen molar-refractivity contribution >= 4 is 48.4 Å². The normalized spacial score (nSPS) is 15.5. The van der Waals surface area contributed by atoms with Crippen LogP contribution in [0.2, 0.25) is 0 Å². The van der Waals surface area contributed by atoms with Crippen LogP contribution in [0.3, 0.4) is 0 Å². The number of carbonyl (C=O) groups excluding carboxylic acids is 1. The molecule has 15 heteroatoms. The number of rotatable bonds is 6. The number of ether oxygens (including phenoxy) is 2. The number of nitro groups is 1. The molecule has 1 amide bonds. The topological polar surface area (TPSA) is 147 Å². The summed E-state index contributed by atoms with van der Waals surface area (Å²) in [5.74, 6) is -1.33. The molecule has 1 atom stereocenters. The molecule has 2 aromatic carbocycles. The Hall–Kier alpha value is -3.43. The van der Waals surface area contributed by atoms with Crippen molar-refractivity contribution in [2.24, 2.45) is 0 Å². The summed E-state index contributed by atoms with van der Waals surface area (Å²) in [6.07, 6.45) is -5.35. The van der Waals surface area contributed by atoms with Crippen LogP contribution in [0.15, 0.2) is 41.3 Å². The molecule has 1 N–H and O–H groups in total. The summed E-state index contributed by atoms with van der Waals surface area (Å²) in [7, 11) is -4.64. The first kappa shape index (κ1) is 21.8. The average Bonchev–Trinajstić information content (AvgIpc) is 3.22. The number of nitrogens with one attached hydrogen (secondary N) is 1. The highest BCUT2D eigenvalue weighted by molar-refractivity contribution is 7.87. The Bertz CT molecular complexity index is 1310. The van der Waals surface area contributed by atoms with Crippen LogP contribution in [-0.2, 0) is 19.1 Å². The minimum absolute atomic E-state index is 0.0268. The number of nitrogens with zero attached hydrogens (tertiary/aromatic N) is 2. The summed E-state index contributed by atoms with van der Waals surface area (Å²) in [4.78, 5) is 25.9. The van der Waals surface area contributed by atoms with E-state index in [-0.39, 0.29) is 22.1 Å². The Labute approximate surface area is 181 Å². The molecule has 1 aliphatic rings. The van der Waals surface area contributed by atoms with Crippen LogP contribution in [0.5, 0.6) is 11.5 Å². The summed E-state index contributed by atoms with van der Waals surface area (Å²) in [5, 5.41) is 13.4. The number of carbonyl (C=O) groups is 1. The predicted octanol–water partition coefficient (Wildman–Crippen LogP) is 3.26. The molecule has 0 unspecified atom stereocenters. The number of anilines is 1. The molecule has 0 spiro atoms. The van der Waals surface area contributed by atoms with E-state index in [9.17, 15) is 32.1 Å². The second-order valence-electron chi connectivity index (χ2n) is 6.36. The van der Waals surface area contributed by atoms with Gasteiger partial charge in [-0.25, -0.2) is 4.98 Å². The van der Waals surface area contributed by atoms with Crippen LogP contribution >= 0.6 is 11.3 Å². The Morgan fingerprint density at radius 1 is 1.28 bits per heavy atom. The molecule has 0 fully saturated rings. The van der Waals surface area contributed by atoms with Crippen molar-refractivity contribution in [1.29, 1.82) is 0 Å². The molecule has 168 valence electrons. The van der Waals surface area contributed by atoms with Gasteiger partial charge in [0.25, 0.3) is 11.6 Å². The third-order valence-electron chi connectivity index (χ3n) is 4.11. The van der Waals surface area contributed by atoms with Gasteiger partial charge in [-0.2, -0.15) is 8.42 Å². The number of aromatic nitrogens is 1. The summed E-state index contributed by atoms with van der Waals surface area (Å²) >= 11 is 0.912. The van der Waals surface area contributed by atoms with Crippen LogP contribution in [0.25, 0.3) is 10.2 Å². The lowest BCUT2D eigenvalue weighted by atomic mass is 10.3. The fourth-order valence-corrected chi connectivity index (χ4v) is 4.83. The maximum atomic E-state index is 13.1. The molecule has 11 nitrogen and oxygen atoms in total. The number of thiazole rings is 1. The van der Waals surface area contributed by atoms with E-state index in [0.717, 1.165) is 30.4 Å². The molecule has 1 aliphatic heterocycles. The van der Waals surface area contributed by atoms with E-state index in [4.69, 9.17) is 4.18 Å². The number of benzene rings is 2. The second kappa shape index (κ2) is 7.61. The van der Waals surface area contributed by atoms with E-state index in [0.29, 0.717) is 4.70 Å². The molecule has 0 radical (unpaired) electrons. The molecule has 0 bridgehead atoms. The van der Waals surface area contributed by atoms with Gasteiger partial charge in [-0.15, -0.1) is 8.78 Å². The van der Waals surface area contributed by atoms with Crippen LogP contribution in [0.1, 0.15) is 6.92 Å². The maximum absolute atomic E-state index is 13.1. The van der Waals surface area contributed by atoms with Gasteiger partial charge in [-0.1, -0.05) is 23.5 Å². The van der Waals surface area contributed by atoms with Crippen molar-refractivity contribution in [3.8, 4) is 11.5 Å². The molecule has 0 aliphatic carbocycles. The van der Waals surface area contributed by atoms with Gasteiger partial charge in [0.15, 0.2) is 27.6 Å². The summed E-state index contributed by atoms with van der Waals surface area (Å²) < 4.78 is 65.0. The SMILES string of the molecule is C[C@@H](OS(=O)(=O)c1ccccc1[N+](=O)[O-])C(=O)Nc1nc2cc3c(cc2s1)OC(F)(F)O3. The van der Waals surface area contributed by atoms with Crippen molar-refractivity contribution in [3.63, 3.8) is 0 Å². The zero-order chi connectivity index (χ0) is 23.3. The van der Waals surface area contributed by atoms with Gasteiger partial charge in [0.05, 0.1) is 15.1 Å². The number of hydrogen-bond acceptors (Lipinski definition) is 10. The van der Waals surface area contributed by atoms with Gasteiger partial charge >= 0.3 is 16.4 Å². The lowest BCUT2D eigenvalue weighted by molar-refractivity contribution is -0.387. The second-order valence-corrected chi connectivity index (χ2v) is 8.93. The first-order valence-electron chi connectivity index (χ1n) is 8.63. The monoisotopic (exact) mass is 487 g/mol. The third kappa shape index (κ3) is 4.17. The van der Waals surface area contributed by atoms with Gasteiger partial charge in [-0.05, 0) is 13.0 Å². The van der Waals surface area contributed by atoms with E-state index in [1.807, 2.05) is 0 Å². The minimum Gasteiger partial charge on any atom is -0.395 e. The molecule has 32 heavy (non-hydrogen) atoms. The third-order valence-corrected chi connectivity index (χ3v) is 6.47. The standard InChI is InChI=1S/C17H11F2N3O8S2/c1-8(30-32(26,27)14-5-3-2-4-10(14)22(24)25)15(23)21-16-20-9-6-11-12(7-13(9)31-16)29-17(18,19)28-11/h2-8H,1H3,(H,20,21,23)/t8-/m1/s1. The van der Waals surface area contributed by atoms with Crippen molar-refractivity contribution in [2.45, 2.75) is 24.2 Å². The van der Waals surface area contributed by atoms with Gasteiger partial charge in [0, 0.05) is 18.2 Å². The Kier molecular flexibility index (Phi) is 5.18. The fourth-order valence-electron chi connectivity index (χ4n) is 2.74. The average molecular weight is 487 g/mol. The zero-order valence-electron chi connectivity index (χ0n) is 15.8. The molecule has 1 aromatic heterocycles. The lowest BCUT2D eigenvalue weighted by Crippen LogP contribution is -2.30. The van der Waals surface area contributed by atoms with E-state index >= 15 is 0 Å². The van der Waals surface area contributed by atoms with E-state index in [1.165, 1.54) is 24.3 Å². The van der Waals surface area contributed by atoms with Gasteiger partial charge in [0.1, 0.15) is 0 Å². The Balaban J connectivity index is 1.50. The molecule has 4 rings (SSSR count). The van der Waals surface area contributed by atoms with Crippen molar-refractivity contribution in [3.05, 3.63) is 46.5 Å². The van der Waals surface area contributed by atoms with Gasteiger partial charge < -0.3 is 9.47 Å². The number of para-hydroxylation sites is 1.